The van der Waals surface area contributed by atoms with E-state index in [1.54, 1.807) is 0 Å². The summed E-state index contributed by atoms with van der Waals surface area (Å²) in [5.41, 5.74) is 0.168. The van der Waals surface area contributed by atoms with Crippen LogP contribution in [0.4, 0.5) is 5.69 Å². The standard InChI is InChI=1S/C13H17NO4/c1-3-4-5-8-18-13-7-6-11(14(16)17)9-12(13)10(2)15/h6-7,9H,3-5,8H2,1-2H3. The molecule has 0 saturated heterocycles. The number of ether oxygens (including phenoxy) is 1. The van der Waals surface area contributed by atoms with Crippen LogP contribution in [0.25, 0.3) is 0 Å². The second-order valence-corrected chi connectivity index (χ2v) is 4.05. The maximum Gasteiger partial charge on any atom is 0.270 e. The summed E-state index contributed by atoms with van der Waals surface area (Å²) in [5, 5.41) is 10.6. The molecule has 0 amide bonds. The molecule has 5 nitrogen and oxygen atoms in total. The molecule has 0 aromatic heterocycles. The van der Waals surface area contributed by atoms with Crippen molar-refractivity contribution in [2.24, 2.45) is 0 Å². The van der Waals surface area contributed by atoms with E-state index in [-0.39, 0.29) is 17.0 Å². The Balaban J connectivity index is 2.83. The van der Waals surface area contributed by atoms with Gasteiger partial charge in [0, 0.05) is 12.1 Å². The number of Topliss-reactive ketones (excluding diaryl/α,β-unsaturated/α-hetero) is 1. The average molecular weight is 251 g/mol. The molecule has 0 heterocycles. The van der Waals surface area contributed by atoms with Crippen molar-refractivity contribution in [1.29, 1.82) is 0 Å². The number of nitro groups is 1. The van der Waals surface area contributed by atoms with Crippen molar-refractivity contribution in [3.05, 3.63) is 33.9 Å². The van der Waals surface area contributed by atoms with Crippen LogP contribution in [-0.2, 0) is 0 Å². The zero-order valence-electron chi connectivity index (χ0n) is 10.6. The van der Waals surface area contributed by atoms with Crippen LogP contribution in [0, 0.1) is 10.1 Å². The summed E-state index contributed by atoms with van der Waals surface area (Å²) in [7, 11) is 0. The number of rotatable bonds is 7. The van der Waals surface area contributed by atoms with Crippen molar-refractivity contribution in [2.75, 3.05) is 6.61 Å². The second-order valence-electron chi connectivity index (χ2n) is 4.05. The van der Waals surface area contributed by atoms with Crippen molar-refractivity contribution < 1.29 is 14.5 Å². The lowest BCUT2D eigenvalue weighted by molar-refractivity contribution is -0.384. The van der Waals surface area contributed by atoms with E-state index in [1.807, 2.05) is 0 Å². The number of hydrogen-bond donors (Lipinski definition) is 0. The van der Waals surface area contributed by atoms with Crippen LogP contribution >= 0.6 is 0 Å². The molecule has 5 heteroatoms. The summed E-state index contributed by atoms with van der Waals surface area (Å²) in [4.78, 5) is 21.5. The number of unbranched alkanes of at least 4 members (excludes halogenated alkanes) is 2. The van der Waals surface area contributed by atoms with E-state index in [9.17, 15) is 14.9 Å². The first-order valence-corrected chi connectivity index (χ1v) is 5.98. The molecule has 0 radical (unpaired) electrons. The number of nitrogens with zero attached hydrogens (tertiary/aromatic N) is 1. The highest BCUT2D eigenvalue weighted by atomic mass is 16.6. The van der Waals surface area contributed by atoms with Gasteiger partial charge in [0.25, 0.3) is 5.69 Å². The molecule has 0 unspecified atom stereocenters. The average Bonchev–Trinajstić information content (AvgIpc) is 2.34. The summed E-state index contributed by atoms with van der Waals surface area (Å²) >= 11 is 0. The highest BCUT2D eigenvalue weighted by molar-refractivity contribution is 5.97. The highest BCUT2D eigenvalue weighted by Crippen LogP contribution is 2.24. The van der Waals surface area contributed by atoms with Crippen LogP contribution in [0.5, 0.6) is 5.75 Å². The summed E-state index contributed by atoms with van der Waals surface area (Å²) in [5.74, 6) is 0.188. The largest absolute Gasteiger partial charge is 0.493 e. The molecule has 1 rings (SSSR count). The van der Waals surface area contributed by atoms with E-state index in [1.165, 1.54) is 25.1 Å². The zero-order chi connectivity index (χ0) is 13.5. The molecular formula is C13H17NO4. The maximum atomic E-state index is 11.4. The lowest BCUT2D eigenvalue weighted by Crippen LogP contribution is -2.03. The van der Waals surface area contributed by atoms with Crippen molar-refractivity contribution in [3.63, 3.8) is 0 Å². The van der Waals surface area contributed by atoms with Gasteiger partial charge in [0.2, 0.25) is 0 Å². The minimum absolute atomic E-state index is 0.0962. The molecule has 0 fully saturated rings. The third-order valence-electron chi connectivity index (χ3n) is 2.56. The zero-order valence-corrected chi connectivity index (χ0v) is 10.6. The first-order chi connectivity index (χ1) is 8.56. The first kappa shape index (κ1) is 14.2. The Morgan fingerprint density at radius 1 is 1.39 bits per heavy atom. The molecule has 0 spiro atoms. The highest BCUT2D eigenvalue weighted by Gasteiger charge is 2.14. The van der Waals surface area contributed by atoms with E-state index < -0.39 is 4.92 Å². The van der Waals surface area contributed by atoms with Crippen LogP contribution in [0.15, 0.2) is 18.2 Å². The molecule has 1 aromatic rings. The third-order valence-corrected chi connectivity index (χ3v) is 2.56. The Kier molecular flexibility index (Phi) is 5.30. The van der Waals surface area contributed by atoms with Gasteiger partial charge in [-0.2, -0.15) is 0 Å². The summed E-state index contributed by atoms with van der Waals surface area (Å²) in [6.45, 7) is 3.98. The van der Waals surface area contributed by atoms with Crippen LogP contribution in [0.2, 0.25) is 0 Å². The number of hydrogen-bond acceptors (Lipinski definition) is 4. The molecule has 0 aliphatic rings. The molecule has 1 aromatic carbocycles. The molecule has 0 saturated carbocycles. The van der Waals surface area contributed by atoms with Gasteiger partial charge in [-0.3, -0.25) is 14.9 Å². The van der Waals surface area contributed by atoms with Gasteiger partial charge in [-0.1, -0.05) is 19.8 Å². The van der Waals surface area contributed by atoms with Crippen molar-refractivity contribution in [1.82, 2.24) is 0 Å². The second kappa shape index (κ2) is 6.74. The van der Waals surface area contributed by atoms with Crippen LogP contribution in [-0.4, -0.2) is 17.3 Å². The Bertz CT molecular complexity index is 443. The Labute approximate surface area is 106 Å². The summed E-state index contributed by atoms with van der Waals surface area (Å²) < 4.78 is 5.49. The minimum atomic E-state index is -0.521. The molecule has 0 aliphatic heterocycles. The normalized spacial score (nSPS) is 10.1. The number of ketones is 1. The molecule has 0 N–H and O–H groups in total. The maximum absolute atomic E-state index is 11.4. The minimum Gasteiger partial charge on any atom is -0.493 e. The van der Waals surface area contributed by atoms with Gasteiger partial charge in [0.1, 0.15) is 5.75 Å². The first-order valence-electron chi connectivity index (χ1n) is 5.98. The van der Waals surface area contributed by atoms with Gasteiger partial charge in [0.15, 0.2) is 5.78 Å². The fourth-order valence-electron chi connectivity index (χ4n) is 1.57. The van der Waals surface area contributed by atoms with Gasteiger partial charge in [0.05, 0.1) is 17.1 Å². The van der Waals surface area contributed by atoms with Gasteiger partial charge in [-0.25, -0.2) is 0 Å². The fourth-order valence-corrected chi connectivity index (χ4v) is 1.57. The quantitative estimate of drug-likeness (QED) is 0.322. The van der Waals surface area contributed by atoms with Crippen LogP contribution < -0.4 is 4.74 Å². The van der Waals surface area contributed by atoms with Gasteiger partial charge in [-0.05, 0) is 19.4 Å². The van der Waals surface area contributed by atoms with Gasteiger partial charge >= 0.3 is 0 Å². The molecule has 0 aliphatic carbocycles. The van der Waals surface area contributed by atoms with Gasteiger partial charge in [-0.15, -0.1) is 0 Å². The van der Waals surface area contributed by atoms with Crippen molar-refractivity contribution in [3.8, 4) is 5.75 Å². The fraction of sp³-hybridized carbons (Fsp3) is 0.462. The number of carbonyl (C=O) groups is 1. The Morgan fingerprint density at radius 2 is 2.11 bits per heavy atom. The Morgan fingerprint density at radius 3 is 2.67 bits per heavy atom. The lowest BCUT2D eigenvalue weighted by Gasteiger charge is -2.09. The van der Waals surface area contributed by atoms with Crippen LogP contribution in [0.1, 0.15) is 43.5 Å². The predicted molar refractivity (Wildman–Crippen MR) is 68.1 cm³/mol. The van der Waals surface area contributed by atoms with E-state index in [4.69, 9.17) is 4.74 Å². The number of carbonyl (C=O) groups excluding carboxylic acids is 1. The molecule has 0 bridgehead atoms. The molecular weight excluding hydrogens is 234 g/mol. The van der Waals surface area contributed by atoms with Crippen molar-refractivity contribution in [2.45, 2.75) is 33.1 Å². The summed E-state index contributed by atoms with van der Waals surface area (Å²) in [6.07, 6.45) is 3.05. The monoisotopic (exact) mass is 251 g/mol. The SMILES string of the molecule is CCCCCOc1ccc([N+](=O)[O-])cc1C(C)=O. The number of non-ortho nitro benzene ring substituents is 1. The Hall–Kier alpha value is -1.91. The van der Waals surface area contributed by atoms with E-state index >= 15 is 0 Å². The molecule has 0 atom stereocenters. The van der Waals surface area contributed by atoms with Gasteiger partial charge < -0.3 is 4.74 Å². The van der Waals surface area contributed by atoms with Crippen LogP contribution in [0.3, 0.4) is 0 Å². The van der Waals surface area contributed by atoms with E-state index in [0.717, 1.165) is 19.3 Å². The summed E-state index contributed by atoms with van der Waals surface area (Å²) in [6, 6.07) is 4.10. The lowest BCUT2D eigenvalue weighted by atomic mass is 10.1. The van der Waals surface area contributed by atoms with E-state index in [0.29, 0.717) is 12.4 Å². The topological polar surface area (TPSA) is 69.4 Å². The third kappa shape index (κ3) is 3.84. The van der Waals surface area contributed by atoms with Crippen molar-refractivity contribution >= 4 is 11.5 Å². The smallest absolute Gasteiger partial charge is 0.270 e. The number of nitro benzene ring substituents is 1. The number of benzene rings is 1. The van der Waals surface area contributed by atoms with E-state index in [2.05, 4.69) is 6.92 Å². The molecule has 18 heavy (non-hydrogen) atoms. The molecule has 98 valence electrons. The predicted octanol–water partition coefficient (Wildman–Crippen LogP) is 3.37.